The highest BCUT2D eigenvalue weighted by atomic mass is 16.7. The molecule has 13 nitrogen and oxygen atoms in total. The Balaban J connectivity index is 1.25. The highest BCUT2D eigenvalue weighted by Gasteiger charge is 2.72. The summed E-state index contributed by atoms with van der Waals surface area (Å²) in [6, 6.07) is 15.2. The van der Waals surface area contributed by atoms with Gasteiger partial charge in [-0.1, -0.05) is 56.3 Å². The van der Waals surface area contributed by atoms with E-state index in [2.05, 4.69) is 29.2 Å². The molecule has 4 aromatic rings. The minimum Gasteiger partial charge on any atom is -0.470 e. The van der Waals surface area contributed by atoms with Gasteiger partial charge in [-0.25, -0.2) is 9.59 Å². The lowest BCUT2D eigenvalue weighted by Gasteiger charge is -2.36. The van der Waals surface area contributed by atoms with E-state index in [4.69, 9.17) is 28.2 Å². The van der Waals surface area contributed by atoms with Gasteiger partial charge in [-0.3, -0.25) is 14.5 Å². The van der Waals surface area contributed by atoms with Crippen molar-refractivity contribution in [3.05, 3.63) is 93.4 Å². The Labute approximate surface area is 324 Å². The molecule has 0 bridgehead atoms. The van der Waals surface area contributed by atoms with Crippen molar-refractivity contribution in [3.63, 3.8) is 0 Å². The summed E-state index contributed by atoms with van der Waals surface area (Å²) < 4.78 is 35.6. The number of allylic oxidation sites excluding steroid dienone is 1. The predicted molar refractivity (Wildman–Crippen MR) is 203 cm³/mol. The first-order chi connectivity index (χ1) is 26.9. The second kappa shape index (κ2) is 14.1. The van der Waals surface area contributed by atoms with Crippen molar-refractivity contribution in [2.45, 2.75) is 84.7 Å². The van der Waals surface area contributed by atoms with E-state index in [-0.39, 0.29) is 53.2 Å². The van der Waals surface area contributed by atoms with Gasteiger partial charge in [0.1, 0.15) is 23.5 Å². The van der Waals surface area contributed by atoms with E-state index < -0.39 is 35.2 Å². The third-order valence-electron chi connectivity index (χ3n) is 11.0. The number of rotatable bonds is 10. The van der Waals surface area contributed by atoms with Crippen LogP contribution in [0.1, 0.15) is 90.6 Å². The van der Waals surface area contributed by atoms with Gasteiger partial charge in [0.2, 0.25) is 11.4 Å². The van der Waals surface area contributed by atoms with E-state index in [0.29, 0.717) is 52.8 Å². The SMILES string of the molecule is CCCN(CC)Cc1ccc2c(OC(=O)NC)c3c(c(OC(=O)OC(C)(C)C)c2c1)C(=O)C1=C2O[C@]24C(=O)c2c(OCc5ccccc5)noc2C[C@@H]4CC1C3. The summed E-state index contributed by atoms with van der Waals surface area (Å²) in [4.78, 5) is 58.2. The van der Waals surface area contributed by atoms with Gasteiger partial charge >= 0.3 is 12.2 Å². The van der Waals surface area contributed by atoms with E-state index in [1.165, 1.54) is 7.05 Å². The Kier molecular flexibility index (Phi) is 9.38. The zero-order valence-corrected chi connectivity index (χ0v) is 32.4. The van der Waals surface area contributed by atoms with Crippen molar-refractivity contribution in [1.29, 1.82) is 0 Å². The number of ketones is 2. The zero-order chi connectivity index (χ0) is 39.5. The van der Waals surface area contributed by atoms with E-state index in [1.807, 2.05) is 48.5 Å². The van der Waals surface area contributed by atoms with Gasteiger partial charge in [-0.2, -0.15) is 0 Å². The summed E-state index contributed by atoms with van der Waals surface area (Å²) in [7, 11) is 1.46. The van der Waals surface area contributed by atoms with Gasteiger partial charge in [0.05, 0.1) is 5.56 Å². The Morgan fingerprint density at radius 3 is 2.48 bits per heavy atom. The number of aromatic nitrogens is 1. The number of amides is 1. The summed E-state index contributed by atoms with van der Waals surface area (Å²) >= 11 is 0. The Morgan fingerprint density at radius 2 is 1.77 bits per heavy atom. The molecule has 0 saturated carbocycles. The number of nitrogens with one attached hydrogen (secondary N) is 1. The number of epoxide rings is 1. The van der Waals surface area contributed by atoms with Crippen LogP contribution in [-0.4, -0.2) is 65.2 Å². The van der Waals surface area contributed by atoms with Crippen LogP contribution in [0.15, 0.2) is 64.4 Å². The van der Waals surface area contributed by atoms with Crippen LogP contribution in [0.5, 0.6) is 17.4 Å². The Hall–Kier alpha value is -5.69. The lowest BCUT2D eigenvalue weighted by Crippen LogP contribution is -2.44. The first-order valence-corrected chi connectivity index (χ1v) is 19.2. The molecule has 1 aliphatic heterocycles. The number of carbonyl (C=O) groups is 4. The van der Waals surface area contributed by atoms with Gasteiger partial charge in [0, 0.05) is 47.8 Å². The highest BCUT2D eigenvalue weighted by Crippen LogP contribution is 2.64. The van der Waals surface area contributed by atoms with Crippen LogP contribution in [0.2, 0.25) is 0 Å². The smallest absolute Gasteiger partial charge is 0.470 e. The van der Waals surface area contributed by atoms with Crippen molar-refractivity contribution < 1.29 is 47.4 Å². The molecule has 1 amide bonds. The summed E-state index contributed by atoms with van der Waals surface area (Å²) in [6.07, 6.45) is 0.246. The molecule has 3 aromatic carbocycles. The van der Waals surface area contributed by atoms with Gasteiger partial charge in [-0.05, 0) is 81.4 Å². The highest BCUT2D eigenvalue weighted by molar-refractivity contribution is 6.20. The van der Waals surface area contributed by atoms with E-state index in [9.17, 15) is 14.4 Å². The molecule has 292 valence electrons. The molecule has 1 saturated heterocycles. The van der Waals surface area contributed by atoms with Crippen LogP contribution in [0.3, 0.4) is 0 Å². The molecule has 4 aliphatic rings. The van der Waals surface area contributed by atoms with Crippen molar-refractivity contribution in [3.8, 4) is 17.4 Å². The molecule has 0 radical (unpaired) electrons. The van der Waals surface area contributed by atoms with Crippen LogP contribution < -0.4 is 19.5 Å². The number of hydrogen-bond donors (Lipinski definition) is 1. The first-order valence-electron chi connectivity index (χ1n) is 19.2. The molecule has 8 rings (SSSR count). The molecule has 13 heteroatoms. The van der Waals surface area contributed by atoms with E-state index in [1.54, 1.807) is 20.8 Å². The zero-order valence-electron chi connectivity index (χ0n) is 32.4. The average molecular weight is 764 g/mol. The largest absolute Gasteiger partial charge is 0.514 e. The fourth-order valence-electron chi connectivity index (χ4n) is 8.50. The summed E-state index contributed by atoms with van der Waals surface area (Å²) in [5.41, 5.74) is 0.571. The van der Waals surface area contributed by atoms with Crippen molar-refractivity contribution in [2.75, 3.05) is 20.1 Å². The molecular formula is C43H45N3O10. The molecule has 1 unspecified atom stereocenters. The summed E-state index contributed by atoms with van der Waals surface area (Å²) in [5, 5.41) is 7.53. The van der Waals surface area contributed by atoms with Gasteiger partial charge in [0.15, 0.2) is 23.1 Å². The second-order valence-corrected chi connectivity index (χ2v) is 15.8. The van der Waals surface area contributed by atoms with Crippen LogP contribution in [0.4, 0.5) is 9.59 Å². The lowest BCUT2D eigenvalue weighted by atomic mass is 9.63. The van der Waals surface area contributed by atoms with Crippen LogP contribution in [0.25, 0.3) is 10.8 Å². The molecule has 1 N–H and O–H groups in total. The Morgan fingerprint density at radius 1 is 0.982 bits per heavy atom. The number of carbonyl (C=O) groups excluding carboxylic acids is 4. The number of fused-ring (bicyclic) bond motifs is 4. The van der Waals surface area contributed by atoms with Crippen LogP contribution in [-0.2, 0) is 35.5 Å². The number of ether oxygens (including phenoxy) is 5. The first kappa shape index (κ1) is 37.2. The molecule has 3 aliphatic carbocycles. The molecule has 56 heavy (non-hydrogen) atoms. The number of benzene rings is 3. The average Bonchev–Trinajstić information content (AvgIpc) is 3.79. The third kappa shape index (κ3) is 6.37. The van der Waals surface area contributed by atoms with Gasteiger partial charge in [0.25, 0.3) is 5.88 Å². The van der Waals surface area contributed by atoms with E-state index in [0.717, 1.165) is 30.6 Å². The van der Waals surface area contributed by atoms with Gasteiger partial charge < -0.3 is 33.5 Å². The summed E-state index contributed by atoms with van der Waals surface area (Å²) in [5.74, 6) is -0.603. The number of Topliss-reactive ketones (excluding diaryl/α,β-unsaturated/α-hetero) is 2. The van der Waals surface area contributed by atoms with Crippen LogP contribution in [0, 0.1) is 11.8 Å². The van der Waals surface area contributed by atoms with Crippen molar-refractivity contribution in [2.24, 2.45) is 11.8 Å². The maximum absolute atomic E-state index is 15.1. The molecule has 2 heterocycles. The van der Waals surface area contributed by atoms with Crippen LogP contribution >= 0.6 is 0 Å². The molecule has 1 aromatic heterocycles. The Bertz CT molecular complexity index is 2310. The normalized spacial score (nSPS) is 20.6. The maximum Gasteiger partial charge on any atom is 0.514 e. The molecule has 3 atom stereocenters. The topological polar surface area (TPSA) is 159 Å². The standard InChI is InChI=1S/C43H45N3O10/c1-7-16-46(8-2)21-24-14-15-27-28(17-24)36(53-41(50)55-42(3,4)5)32-29(35(27)52-40(49)44-6)19-25-18-26-20-30-33(37(48)43(26)38(54-43)31(25)34(32)47)39(45-56-30)51-22-23-12-10-9-11-13-23/h9-15,17,25-26H,7-8,16,18-22H2,1-6H3,(H,44,49)/t25?,26-,43+/m0/s1. The molecule has 1 fully saturated rings. The number of hydrogen-bond acceptors (Lipinski definition) is 12. The quantitative estimate of drug-likeness (QED) is 0.0964. The number of nitrogens with zero attached hydrogens (tertiary/aromatic N) is 2. The minimum absolute atomic E-state index is 0.00448. The summed E-state index contributed by atoms with van der Waals surface area (Å²) in [6.45, 7) is 11.8. The lowest BCUT2D eigenvalue weighted by molar-refractivity contribution is 0.0207. The fraction of sp³-hybridized carbons (Fsp3) is 0.419. The van der Waals surface area contributed by atoms with Crippen molar-refractivity contribution >= 4 is 34.6 Å². The van der Waals surface area contributed by atoms with E-state index >= 15 is 4.79 Å². The maximum atomic E-state index is 15.1. The second-order valence-electron chi connectivity index (χ2n) is 15.8. The third-order valence-corrected chi connectivity index (χ3v) is 11.0. The van der Waals surface area contributed by atoms with Gasteiger partial charge in [-0.15, -0.1) is 0 Å². The predicted octanol–water partition coefficient (Wildman–Crippen LogP) is 7.51. The monoisotopic (exact) mass is 763 g/mol. The minimum atomic E-state index is -1.37. The fourth-order valence-corrected chi connectivity index (χ4v) is 8.50. The van der Waals surface area contributed by atoms with Crippen molar-refractivity contribution in [1.82, 2.24) is 15.4 Å². The molecular weight excluding hydrogens is 718 g/mol. The molecule has 1 spiro atoms.